The van der Waals surface area contributed by atoms with Crippen LogP contribution in [0.15, 0.2) is 15.7 Å². The van der Waals surface area contributed by atoms with E-state index in [1.54, 1.807) is 6.92 Å². The highest BCUT2D eigenvalue weighted by molar-refractivity contribution is 5.94. The quantitative estimate of drug-likeness (QED) is 0.781. The molecule has 0 unspecified atom stereocenters. The number of morpholine rings is 1. The summed E-state index contributed by atoms with van der Waals surface area (Å²) in [5, 5.41) is 3.82. The number of carbonyl (C=O) groups is 1. The zero-order valence-corrected chi connectivity index (χ0v) is 12.6. The molecule has 21 heavy (non-hydrogen) atoms. The number of hydrogen-bond donors (Lipinski definition) is 0. The third-order valence-corrected chi connectivity index (χ3v) is 4.28. The fraction of sp³-hybridized carbons (Fsp3) is 0.667. The lowest BCUT2D eigenvalue weighted by Crippen LogP contribution is -2.44. The molecular formula is C15H21N3O3. The Balaban J connectivity index is 1.84. The summed E-state index contributed by atoms with van der Waals surface area (Å²) >= 11 is 0. The highest BCUT2D eigenvalue weighted by atomic mass is 16.5. The van der Waals surface area contributed by atoms with E-state index in [0.29, 0.717) is 31.5 Å². The van der Waals surface area contributed by atoms with Crippen molar-refractivity contribution in [3.8, 4) is 0 Å². The van der Waals surface area contributed by atoms with Crippen LogP contribution in [0.2, 0.25) is 0 Å². The second-order valence-electron chi connectivity index (χ2n) is 5.70. The summed E-state index contributed by atoms with van der Waals surface area (Å²) in [4.78, 5) is 18.9. The van der Waals surface area contributed by atoms with Gasteiger partial charge in [-0.15, -0.1) is 0 Å². The molecule has 1 saturated carbocycles. The first-order valence-corrected chi connectivity index (χ1v) is 7.54. The van der Waals surface area contributed by atoms with E-state index in [0.717, 1.165) is 18.4 Å². The van der Waals surface area contributed by atoms with E-state index in [4.69, 9.17) is 9.26 Å². The maximum atomic E-state index is 12.8. The summed E-state index contributed by atoms with van der Waals surface area (Å²) in [6.45, 7) is 5.24. The summed E-state index contributed by atoms with van der Waals surface area (Å²) < 4.78 is 10.7. The number of carbonyl (C=O) groups excluding carboxylic acids is 1. The molecule has 1 aromatic rings. The molecule has 2 aliphatic rings. The number of amides is 1. The van der Waals surface area contributed by atoms with Crippen LogP contribution in [0.25, 0.3) is 0 Å². The molecule has 114 valence electrons. The molecule has 1 aliphatic carbocycles. The monoisotopic (exact) mass is 291 g/mol. The van der Waals surface area contributed by atoms with Crippen molar-refractivity contribution in [1.29, 1.82) is 0 Å². The van der Waals surface area contributed by atoms with Crippen molar-refractivity contribution in [2.24, 2.45) is 0 Å². The maximum absolute atomic E-state index is 12.8. The molecule has 6 heteroatoms. The number of allylic oxidation sites excluding steroid dienone is 1. The van der Waals surface area contributed by atoms with Gasteiger partial charge in [0.05, 0.1) is 13.2 Å². The maximum Gasteiger partial charge on any atom is 0.251 e. The number of rotatable bonds is 2. The van der Waals surface area contributed by atoms with Gasteiger partial charge in [0.15, 0.2) is 5.82 Å². The second-order valence-corrected chi connectivity index (χ2v) is 5.70. The van der Waals surface area contributed by atoms with E-state index in [2.05, 4.69) is 10.1 Å². The molecule has 0 N–H and O–H groups in total. The number of nitrogens with zero attached hydrogens (tertiary/aromatic N) is 3. The highest BCUT2D eigenvalue weighted by Crippen LogP contribution is 2.30. The largest absolute Gasteiger partial charge is 0.377 e. The molecule has 3 rings (SSSR count). The Morgan fingerprint density at radius 1 is 1.33 bits per heavy atom. The van der Waals surface area contributed by atoms with Crippen LogP contribution in [-0.2, 0) is 9.53 Å². The summed E-state index contributed by atoms with van der Waals surface area (Å²) in [6.07, 6.45) is 4.48. The van der Waals surface area contributed by atoms with Crippen LogP contribution in [0.3, 0.4) is 0 Å². The van der Waals surface area contributed by atoms with E-state index in [1.807, 2.05) is 11.8 Å². The number of aromatic nitrogens is 2. The van der Waals surface area contributed by atoms with Crippen molar-refractivity contribution in [3.63, 3.8) is 0 Å². The van der Waals surface area contributed by atoms with E-state index in [1.165, 1.54) is 18.4 Å². The van der Waals surface area contributed by atoms with Crippen LogP contribution in [-0.4, -0.2) is 40.7 Å². The first kappa shape index (κ1) is 14.3. The molecule has 0 aromatic carbocycles. The van der Waals surface area contributed by atoms with Crippen LogP contribution in [0.1, 0.15) is 50.4 Å². The first-order chi connectivity index (χ1) is 10.2. The predicted octanol–water partition coefficient (Wildman–Crippen LogP) is 2.17. The van der Waals surface area contributed by atoms with Crippen LogP contribution in [0.4, 0.5) is 0 Å². The molecule has 0 spiro atoms. The average molecular weight is 291 g/mol. The molecule has 0 radical (unpaired) electrons. The first-order valence-electron chi connectivity index (χ1n) is 7.54. The van der Waals surface area contributed by atoms with Crippen molar-refractivity contribution < 1.29 is 14.1 Å². The van der Waals surface area contributed by atoms with Gasteiger partial charge in [-0.2, -0.15) is 4.98 Å². The van der Waals surface area contributed by atoms with Gasteiger partial charge in [0.1, 0.15) is 6.04 Å². The van der Waals surface area contributed by atoms with Crippen LogP contribution in [0.5, 0.6) is 0 Å². The fourth-order valence-electron chi connectivity index (χ4n) is 3.04. The summed E-state index contributed by atoms with van der Waals surface area (Å²) in [5.41, 5.74) is 2.18. The molecule has 1 amide bonds. The summed E-state index contributed by atoms with van der Waals surface area (Å²) in [6, 6.07) is -0.274. The Labute approximate surface area is 124 Å². The van der Waals surface area contributed by atoms with Crippen molar-refractivity contribution in [2.75, 3.05) is 19.8 Å². The molecule has 1 saturated heterocycles. The summed E-state index contributed by atoms with van der Waals surface area (Å²) in [5.74, 6) is 1.12. The van der Waals surface area contributed by atoms with Crippen molar-refractivity contribution in [2.45, 2.75) is 45.6 Å². The van der Waals surface area contributed by atoms with Crippen molar-refractivity contribution in [3.05, 3.63) is 22.9 Å². The van der Waals surface area contributed by atoms with E-state index >= 15 is 0 Å². The Morgan fingerprint density at radius 3 is 2.76 bits per heavy atom. The van der Waals surface area contributed by atoms with Crippen LogP contribution >= 0.6 is 0 Å². The second kappa shape index (κ2) is 5.97. The Hall–Kier alpha value is -1.69. The molecule has 2 heterocycles. The van der Waals surface area contributed by atoms with E-state index in [9.17, 15) is 4.79 Å². The molecule has 6 nitrogen and oxygen atoms in total. The molecule has 1 aliphatic heterocycles. The fourth-order valence-corrected chi connectivity index (χ4v) is 3.04. The minimum Gasteiger partial charge on any atom is -0.377 e. The van der Waals surface area contributed by atoms with Gasteiger partial charge in [-0.25, -0.2) is 0 Å². The molecular weight excluding hydrogens is 270 g/mol. The zero-order valence-electron chi connectivity index (χ0n) is 12.6. The average Bonchev–Trinajstić information content (AvgIpc) is 3.17. The Bertz CT molecular complexity index is 556. The molecule has 2 fully saturated rings. The lowest BCUT2D eigenvalue weighted by molar-refractivity contribution is -0.137. The third-order valence-electron chi connectivity index (χ3n) is 4.28. The van der Waals surface area contributed by atoms with Gasteiger partial charge in [-0.05, 0) is 39.5 Å². The van der Waals surface area contributed by atoms with Crippen molar-refractivity contribution >= 4 is 5.91 Å². The molecule has 1 atom stereocenters. The minimum absolute atomic E-state index is 0.0797. The lowest BCUT2D eigenvalue weighted by atomic mass is 10.1. The van der Waals surface area contributed by atoms with Gasteiger partial charge in [0.2, 0.25) is 5.91 Å². The topological polar surface area (TPSA) is 68.5 Å². The van der Waals surface area contributed by atoms with Gasteiger partial charge in [0, 0.05) is 12.1 Å². The highest BCUT2D eigenvalue weighted by Gasteiger charge is 2.33. The lowest BCUT2D eigenvalue weighted by Gasteiger charge is -2.33. The summed E-state index contributed by atoms with van der Waals surface area (Å²) in [7, 11) is 0. The molecule has 0 bridgehead atoms. The Morgan fingerprint density at radius 2 is 2.10 bits per heavy atom. The smallest absolute Gasteiger partial charge is 0.251 e. The van der Waals surface area contributed by atoms with Gasteiger partial charge in [0.25, 0.3) is 5.89 Å². The van der Waals surface area contributed by atoms with Gasteiger partial charge >= 0.3 is 0 Å². The SMILES string of the molecule is CC(C(=O)N1CCOC[C@@H]1c1nc(C)no1)=C1CCCC1. The van der Waals surface area contributed by atoms with E-state index in [-0.39, 0.29) is 11.9 Å². The standard InChI is InChI=1S/C15H21N3O3/c1-10(12-5-3-4-6-12)15(19)18-7-8-20-9-13(18)14-16-11(2)17-21-14/h13H,3-9H2,1-2H3/t13-/m1/s1. The Kier molecular flexibility index (Phi) is 4.05. The van der Waals surface area contributed by atoms with Gasteiger partial charge in [-0.3, -0.25) is 4.79 Å². The third kappa shape index (κ3) is 2.85. The van der Waals surface area contributed by atoms with Gasteiger partial charge in [-0.1, -0.05) is 10.7 Å². The number of hydrogen-bond acceptors (Lipinski definition) is 5. The minimum atomic E-state index is -0.274. The van der Waals surface area contributed by atoms with Gasteiger partial charge < -0.3 is 14.2 Å². The number of ether oxygens (including phenoxy) is 1. The van der Waals surface area contributed by atoms with Crippen LogP contribution < -0.4 is 0 Å². The predicted molar refractivity (Wildman–Crippen MR) is 75.5 cm³/mol. The zero-order chi connectivity index (χ0) is 14.8. The van der Waals surface area contributed by atoms with Crippen LogP contribution in [0, 0.1) is 6.92 Å². The molecule has 1 aromatic heterocycles. The number of aryl methyl sites for hydroxylation is 1. The van der Waals surface area contributed by atoms with Crippen molar-refractivity contribution in [1.82, 2.24) is 15.0 Å². The van der Waals surface area contributed by atoms with E-state index < -0.39 is 0 Å². The normalized spacial score (nSPS) is 22.7.